The molecule has 0 heterocycles. The number of methoxy groups -OCH3 is 1. The van der Waals surface area contributed by atoms with Gasteiger partial charge in [-0.05, 0) is 37.0 Å². The van der Waals surface area contributed by atoms with E-state index in [4.69, 9.17) is 4.74 Å². The summed E-state index contributed by atoms with van der Waals surface area (Å²) in [4.78, 5) is 0. The Hall–Kier alpha value is -1.24. The molecule has 1 aromatic carbocycles. The lowest BCUT2D eigenvalue weighted by atomic mass is 10.0. The average molecular weight is 204 g/mol. The molecule has 0 amide bonds. The number of allylic oxidation sites excluding steroid dienone is 1. The van der Waals surface area contributed by atoms with Crippen molar-refractivity contribution in [1.82, 2.24) is 0 Å². The van der Waals surface area contributed by atoms with Crippen molar-refractivity contribution >= 4 is 6.08 Å². The Morgan fingerprint density at radius 1 is 1.20 bits per heavy atom. The molecule has 0 aliphatic heterocycles. The molecule has 0 saturated heterocycles. The highest BCUT2D eigenvalue weighted by molar-refractivity contribution is 5.61. The molecule has 0 atom stereocenters. The highest BCUT2D eigenvalue weighted by Crippen LogP contribution is 2.27. The Labute approximate surface area is 92.8 Å². The third-order valence-corrected chi connectivity index (χ3v) is 2.59. The van der Waals surface area contributed by atoms with E-state index in [1.807, 2.05) is 6.92 Å². The zero-order valence-electron chi connectivity index (χ0n) is 10.1. The molecule has 15 heavy (non-hydrogen) atoms. The van der Waals surface area contributed by atoms with Crippen LogP contribution in [-0.4, -0.2) is 7.11 Å². The zero-order valence-corrected chi connectivity index (χ0v) is 10.1. The maximum atomic E-state index is 5.47. The summed E-state index contributed by atoms with van der Waals surface area (Å²) in [6.45, 7) is 6.38. The molecule has 0 aromatic heterocycles. The Morgan fingerprint density at radius 2 is 1.93 bits per heavy atom. The van der Waals surface area contributed by atoms with Crippen LogP contribution in [0.5, 0.6) is 5.75 Å². The smallest absolute Gasteiger partial charge is 0.129 e. The predicted molar refractivity (Wildman–Crippen MR) is 66.5 cm³/mol. The van der Waals surface area contributed by atoms with Crippen molar-refractivity contribution in [1.29, 1.82) is 0 Å². The number of benzene rings is 1. The second kappa shape index (κ2) is 5.59. The van der Waals surface area contributed by atoms with Gasteiger partial charge in [-0.2, -0.15) is 0 Å². The molecular formula is C14H20O. The van der Waals surface area contributed by atoms with E-state index in [0.717, 1.165) is 18.6 Å². The van der Waals surface area contributed by atoms with Gasteiger partial charge in [-0.1, -0.05) is 32.1 Å². The van der Waals surface area contributed by atoms with Crippen LogP contribution in [0.2, 0.25) is 0 Å². The molecule has 0 aliphatic carbocycles. The third kappa shape index (κ3) is 2.62. The monoisotopic (exact) mass is 204 g/mol. The third-order valence-electron chi connectivity index (χ3n) is 2.59. The van der Waals surface area contributed by atoms with Crippen LogP contribution in [0.4, 0.5) is 0 Å². The van der Waals surface area contributed by atoms with Gasteiger partial charge in [0.05, 0.1) is 7.11 Å². The Morgan fingerprint density at radius 3 is 2.40 bits per heavy atom. The lowest BCUT2D eigenvalue weighted by Gasteiger charge is -2.12. The molecule has 1 heteroatoms. The molecule has 0 fully saturated rings. The van der Waals surface area contributed by atoms with Gasteiger partial charge < -0.3 is 4.74 Å². The largest absolute Gasteiger partial charge is 0.496 e. The maximum Gasteiger partial charge on any atom is 0.129 e. The van der Waals surface area contributed by atoms with Crippen LogP contribution in [0.3, 0.4) is 0 Å². The van der Waals surface area contributed by atoms with Crippen LogP contribution in [-0.2, 0) is 12.8 Å². The maximum absolute atomic E-state index is 5.47. The zero-order chi connectivity index (χ0) is 11.3. The van der Waals surface area contributed by atoms with E-state index in [0.29, 0.717) is 0 Å². The van der Waals surface area contributed by atoms with Crippen molar-refractivity contribution in [2.75, 3.05) is 7.11 Å². The van der Waals surface area contributed by atoms with Gasteiger partial charge in [0.1, 0.15) is 5.75 Å². The normalized spacial score (nSPS) is 10.9. The molecular weight excluding hydrogens is 184 g/mol. The molecule has 0 N–H and O–H groups in total. The summed E-state index contributed by atoms with van der Waals surface area (Å²) in [6, 6.07) is 4.45. The highest BCUT2D eigenvalue weighted by atomic mass is 16.5. The minimum absolute atomic E-state index is 1.02. The molecule has 0 aliphatic rings. The predicted octanol–water partition coefficient (Wildman–Crippen LogP) is 3.85. The van der Waals surface area contributed by atoms with Crippen molar-refractivity contribution in [3.05, 3.63) is 34.9 Å². The van der Waals surface area contributed by atoms with E-state index in [9.17, 15) is 0 Å². The summed E-state index contributed by atoms with van der Waals surface area (Å²) in [6.07, 6.45) is 6.25. The summed E-state index contributed by atoms with van der Waals surface area (Å²) < 4.78 is 5.47. The topological polar surface area (TPSA) is 9.23 Å². The Balaban J connectivity index is 3.32. The number of hydrogen-bond acceptors (Lipinski definition) is 1. The first-order valence-electron chi connectivity index (χ1n) is 5.59. The molecule has 1 nitrogen and oxygen atoms in total. The minimum Gasteiger partial charge on any atom is -0.496 e. The molecule has 0 unspecified atom stereocenters. The van der Waals surface area contributed by atoms with Crippen LogP contribution in [0.15, 0.2) is 18.2 Å². The lowest BCUT2D eigenvalue weighted by molar-refractivity contribution is 0.409. The second-order valence-electron chi connectivity index (χ2n) is 3.58. The van der Waals surface area contributed by atoms with Crippen molar-refractivity contribution in [2.24, 2.45) is 0 Å². The van der Waals surface area contributed by atoms with Crippen molar-refractivity contribution in [2.45, 2.75) is 33.6 Å². The quantitative estimate of drug-likeness (QED) is 0.723. The Kier molecular flexibility index (Phi) is 4.41. The number of rotatable bonds is 4. The average Bonchev–Trinajstić information content (AvgIpc) is 2.28. The number of aryl methyl sites for hydroxylation is 2. The first-order valence-corrected chi connectivity index (χ1v) is 5.59. The van der Waals surface area contributed by atoms with Gasteiger partial charge in [0.25, 0.3) is 0 Å². The molecule has 0 saturated carbocycles. The van der Waals surface area contributed by atoms with E-state index in [1.54, 1.807) is 7.11 Å². The molecule has 0 bridgehead atoms. The van der Waals surface area contributed by atoms with Gasteiger partial charge in [-0.25, -0.2) is 0 Å². The van der Waals surface area contributed by atoms with Crippen molar-refractivity contribution in [3.63, 3.8) is 0 Å². The summed E-state index contributed by atoms with van der Waals surface area (Å²) in [7, 11) is 1.74. The van der Waals surface area contributed by atoms with Crippen LogP contribution in [0, 0.1) is 0 Å². The molecule has 82 valence electrons. The molecule has 0 spiro atoms. The van der Waals surface area contributed by atoms with Crippen molar-refractivity contribution in [3.8, 4) is 5.75 Å². The van der Waals surface area contributed by atoms with Crippen LogP contribution in [0.25, 0.3) is 6.08 Å². The fourth-order valence-electron chi connectivity index (χ4n) is 1.80. The van der Waals surface area contributed by atoms with E-state index in [2.05, 4.69) is 38.1 Å². The molecule has 1 aromatic rings. The van der Waals surface area contributed by atoms with Gasteiger partial charge in [0.15, 0.2) is 0 Å². The lowest BCUT2D eigenvalue weighted by Crippen LogP contribution is -1.96. The SMILES string of the molecule is CC=Cc1cc(CC)cc(CC)c1OC. The van der Waals surface area contributed by atoms with Crippen LogP contribution in [0.1, 0.15) is 37.5 Å². The van der Waals surface area contributed by atoms with Gasteiger partial charge in [-0.3, -0.25) is 0 Å². The Bertz CT molecular complexity index is 351. The standard InChI is InChI=1S/C14H20O/c1-5-8-13-10-11(6-2)9-12(7-3)14(13)15-4/h5,8-10H,6-7H2,1-4H3. The minimum atomic E-state index is 1.02. The summed E-state index contributed by atoms with van der Waals surface area (Å²) in [5.41, 5.74) is 3.86. The number of hydrogen-bond donors (Lipinski definition) is 0. The first-order chi connectivity index (χ1) is 7.26. The second-order valence-corrected chi connectivity index (χ2v) is 3.58. The summed E-state index contributed by atoms with van der Waals surface area (Å²) in [5, 5.41) is 0. The van der Waals surface area contributed by atoms with E-state index in [-0.39, 0.29) is 0 Å². The van der Waals surface area contributed by atoms with E-state index >= 15 is 0 Å². The van der Waals surface area contributed by atoms with Gasteiger partial charge in [0, 0.05) is 5.56 Å². The fourth-order valence-corrected chi connectivity index (χ4v) is 1.80. The van der Waals surface area contributed by atoms with Crippen LogP contribution < -0.4 is 4.74 Å². The highest BCUT2D eigenvalue weighted by Gasteiger charge is 2.07. The summed E-state index contributed by atoms with van der Waals surface area (Å²) >= 11 is 0. The van der Waals surface area contributed by atoms with Gasteiger partial charge in [0.2, 0.25) is 0 Å². The van der Waals surface area contributed by atoms with Gasteiger partial charge in [-0.15, -0.1) is 0 Å². The van der Waals surface area contributed by atoms with Gasteiger partial charge >= 0.3 is 0 Å². The van der Waals surface area contributed by atoms with E-state index < -0.39 is 0 Å². The summed E-state index contributed by atoms with van der Waals surface area (Å²) in [5.74, 6) is 1.02. The van der Waals surface area contributed by atoms with Crippen molar-refractivity contribution < 1.29 is 4.74 Å². The van der Waals surface area contributed by atoms with Crippen LogP contribution >= 0.6 is 0 Å². The molecule has 0 radical (unpaired) electrons. The van der Waals surface area contributed by atoms with E-state index in [1.165, 1.54) is 16.7 Å². The fraction of sp³-hybridized carbons (Fsp3) is 0.429. The molecule has 1 rings (SSSR count). The number of ether oxygens (including phenoxy) is 1. The first kappa shape index (κ1) is 11.8.